The van der Waals surface area contributed by atoms with Gasteiger partial charge in [-0.15, -0.1) is 0 Å². The molecule has 2 rings (SSSR count). The fourth-order valence-corrected chi connectivity index (χ4v) is 4.85. The second kappa shape index (κ2) is 48.4. The number of benzene rings is 2. The highest BCUT2D eigenvalue weighted by Gasteiger charge is 2.08. The van der Waals surface area contributed by atoms with Crippen LogP contribution in [0.3, 0.4) is 0 Å². The molecule has 0 aliphatic carbocycles. The van der Waals surface area contributed by atoms with Crippen molar-refractivity contribution in [2.24, 2.45) is 108 Å². The van der Waals surface area contributed by atoms with E-state index < -0.39 is 0 Å². The molecule has 18 N–H and O–H groups in total. The standard InChI is InChI=1S/C16H18.C8H17N3O.C7H15N3O.C7H15NO.C6H13N3O.C6H13NO.C5H11NO/c1-13(2)12-14-8-10-16(11-9-14)15-6-4-3-5-7-15;1-6(2)7(12)4-3-5-11-8(9)10;1-5(2)6(11)3-4-10-7(8)9;1-6(2)7(9)4-3-5-8;1-4(2)5(10)3-9-6(7)8;1-5(2)6(8)3-4-7;1-4(2)5(7)3-6/h3-11,13H,12H2,1-2H3;6H,3-5H2,1-2H3,(H4,9,10,11);5H,3-4H2,1-2H3,(H4,8,9,10);6H,3-5,8H2,1-2H3;4H,3H2,1-2H3,(H4,7,8,9);5H,3-4,7H2,1-2H3;4H,3,6H2,1-2H3. The number of Topliss-reactive ketones (excluding diaryl/α,β-unsaturated/α-hetero) is 6. The Kier molecular flexibility index (Phi) is 50.5. The van der Waals surface area contributed by atoms with E-state index in [0.717, 1.165) is 25.2 Å². The van der Waals surface area contributed by atoms with Gasteiger partial charge < -0.3 is 51.6 Å². The molecule has 0 bridgehead atoms. The number of nitrogens with zero attached hydrogens (tertiary/aromatic N) is 3. The molecule has 0 saturated carbocycles. The van der Waals surface area contributed by atoms with Crippen molar-refractivity contribution in [1.29, 1.82) is 0 Å². The average molecular weight is 1030 g/mol. The Morgan fingerprint density at radius 3 is 1.10 bits per heavy atom. The summed E-state index contributed by atoms with van der Waals surface area (Å²) in [7, 11) is 0. The number of hydrogen-bond donors (Lipinski definition) is 9. The average Bonchev–Trinajstić information content (AvgIpc) is 3.32. The van der Waals surface area contributed by atoms with Gasteiger partial charge in [0.1, 0.15) is 35.5 Å². The van der Waals surface area contributed by atoms with Gasteiger partial charge in [0.25, 0.3) is 0 Å². The molecule has 418 valence electrons. The summed E-state index contributed by atoms with van der Waals surface area (Å²) in [4.78, 5) is 75.8. The smallest absolute Gasteiger partial charge is 0.186 e. The Labute approximate surface area is 440 Å². The van der Waals surface area contributed by atoms with Crippen LogP contribution in [0.15, 0.2) is 69.6 Å². The maximum atomic E-state index is 11.1. The van der Waals surface area contributed by atoms with Gasteiger partial charge in [0, 0.05) is 74.3 Å². The zero-order chi connectivity index (χ0) is 57.6. The van der Waals surface area contributed by atoms with E-state index in [4.69, 9.17) is 51.6 Å². The molecule has 2 aromatic carbocycles. The Hall–Kier alpha value is -5.85. The normalized spacial score (nSPS) is 10.0. The van der Waals surface area contributed by atoms with Crippen molar-refractivity contribution in [2.75, 3.05) is 39.3 Å². The first kappa shape index (κ1) is 76.1. The molecule has 0 aliphatic rings. The summed E-state index contributed by atoms with van der Waals surface area (Å²) in [5.41, 5.74) is 49.8. The quantitative estimate of drug-likeness (QED) is 0.0338. The first-order valence-corrected chi connectivity index (χ1v) is 25.5. The summed E-state index contributed by atoms with van der Waals surface area (Å²) >= 11 is 0. The molecule has 73 heavy (non-hydrogen) atoms. The van der Waals surface area contributed by atoms with E-state index in [9.17, 15) is 28.8 Å². The van der Waals surface area contributed by atoms with Gasteiger partial charge in [-0.1, -0.05) is 152 Å². The fourth-order valence-electron chi connectivity index (χ4n) is 4.85. The molecule has 2 aromatic rings. The molecule has 18 heteroatoms. The predicted molar refractivity (Wildman–Crippen MR) is 306 cm³/mol. The van der Waals surface area contributed by atoms with E-state index >= 15 is 0 Å². The van der Waals surface area contributed by atoms with Crippen LogP contribution in [-0.2, 0) is 35.2 Å². The molecule has 0 saturated heterocycles. The highest BCUT2D eigenvalue weighted by Crippen LogP contribution is 2.20. The third-order valence-electron chi connectivity index (χ3n) is 9.73. The fraction of sp³-hybridized carbons (Fsp3) is 0.618. The van der Waals surface area contributed by atoms with E-state index in [0.29, 0.717) is 57.6 Å². The Morgan fingerprint density at radius 1 is 0.397 bits per heavy atom. The van der Waals surface area contributed by atoms with Gasteiger partial charge in [-0.05, 0) is 55.0 Å². The molecule has 0 unspecified atom stereocenters. The minimum absolute atomic E-state index is 0.00287. The molecule has 0 heterocycles. The summed E-state index contributed by atoms with van der Waals surface area (Å²) in [6.07, 6.45) is 4.89. The number of rotatable bonds is 24. The van der Waals surface area contributed by atoms with Crippen LogP contribution in [0.5, 0.6) is 0 Å². The van der Waals surface area contributed by atoms with Crippen LogP contribution >= 0.6 is 0 Å². The zero-order valence-corrected chi connectivity index (χ0v) is 47.4. The second-order valence-electron chi connectivity index (χ2n) is 19.2. The first-order chi connectivity index (χ1) is 33.9. The lowest BCUT2D eigenvalue weighted by Gasteiger charge is -2.06. The highest BCUT2D eigenvalue weighted by molar-refractivity contribution is 5.86. The number of hydrogen-bond acceptors (Lipinski definition) is 12. The predicted octanol–water partition coefficient (Wildman–Crippen LogP) is 5.86. The highest BCUT2D eigenvalue weighted by atomic mass is 16.1. The maximum Gasteiger partial charge on any atom is 0.186 e. The lowest BCUT2D eigenvalue weighted by atomic mass is 9.99. The lowest BCUT2D eigenvalue weighted by molar-refractivity contribution is -0.122. The Balaban J connectivity index is -0.000000251. The van der Waals surface area contributed by atoms with Crippen molar-refractivity contribution in [1.82, 2.24) is 0 Å². The molecule has 0 aromatic heterocycles. The minimum Gasteiger partial charge on any atom is -0.370 e. The summed E-state index contributed by atoms with van der Waals surface area (Å²) < 4.78 is 0. The summed E-state index contributed by atoms with van der Waals surface area (Å²) in [5, 5.41) is 0. The van der Waals surface area contributed by atoms with Gasteiger partial charge in [-0.2, -0.15) is 0 Å². The van der Waals surface area contributed by atoms with Crippen LogP contribution in [-0.4, -0.2) is 91.8 Å². The van der Waals surface area contributed by atoms with E-state index in [-0.39, 0.29) is 95.4 Å². The van der Waals surface area contributed by atoms with E-state index in [1.807, 2.05) is 83.1 Å². The molecule has 18 nitrogen and oxygen atoms in total. The molecule has 0 radical (unpaired) electrons. The van der Waals surface area contributed by atoms with Crippen LogP contribution in [0.25, 0.3) is 11.1 Å². The van der Waals surface area contributed by atoms with Crippen molar-refractivity contribution in [2.45, 2.75) is 142 Å². The first-order valence-electron chi connectivity index (χ1n) is 25.5. The summed E-state index contributed by atoms with van der Waals surface area (Å²) in [6.45, 7) is 29.2. The largest absolute Gasteiger partial charge is 0.370 e. The zero-order valence-electron chi connectivity index (χ0n) is 47.4. The molecule has 0 amide bonds. The third kappa shape index (κ3) is 53.8. The van der Waals surface area contributed by atoms with Crippen LogP contribution in [0.2, 0.25) is 0 Å². The summed E-state index contributed by atoms with van der Waals surface area (Å²) in [6, 6.07) is 19.4. The van der Waals surface area contributed by atoms with Crippen molar-refractivity contribution in [3.63, 3.8) is 0 Å². The van der Waals surface area contributed by atoms with Crippen molar-refractivity contribution >= 4 is 52.6 Å². The number of guanidine groups is 3. The van der Waals surface area contributed by atoms with E-state index in [2.05, 4.69) is 83.4 Å². The van der Waals surface area contributed by atoms with Crippen LogP contribution in [0, 0.1) is 41.4 Å². The van der Waals surface area contributed by atoms with Gasteiger partial charge in [0.15, 0.2) is 23.7 Å². The Bertz CT molecular complexity index is 1850. The topological polar surface area (TPSA) is 374 Å². The van der Waals surface area contributed by atoms with Crippen molar-refractivity contribution < 1.29 is 28.8 Å². The van der Waals surface area contributed by atoms with Gasteiger partial charge in [-0.25, -0.2) is 4.99 Å². The van der Waals surface area contributed by atoms with Gasteiger partial charge in [0.05, 0.1) is 6.54 Å². The number of nitrogens with two attached hydrogens (primary N) is 9. The van der Waals surface area contributed by atoms with Gasteiger partial charge in [0.2, 0.25) is 0 Å². The second-order valence-corrected chi connectivity index (χ2v) is 19.2. The summed E-state index contributed by atoms with van der Waals surface area (Å²) in [5.74, 6) is 2.65. The number of carbonyl (C=O) groups is 6. The minimum atomic E-state index is -0.0333. The van der Waals surface area contributed by atoms with Gasteiger partial charge in [-0.3, -0.25) is 38.8 Å². The molecule has 0 spiro atoms. The molecule has 0 atom stereocenters. The van der Waals surface area contributed by atoms with Crippen LogP contribution in [0.4, 0.5) is 0 Å². The number of aliphatic imine (C=N–C) groups is 3. The van der Waals surface area contributed by atoms with Crippen molar-refractivity contribution in [3.05, 3.63) is 60.2 Å². The van der Waals surface area contributed by atoms with E-state index in [1.54, 1.807) is 0 Å². The van der Waals surface area contributed by atoms with E-state index in [1.165, 1.54) is 16.7 Å². The Morgan fingerprint density at radius 2 is 0.767 bits per heavy atom. The SMILES string of the molecule is CC(C)C(=O)CCCN.CC(C)C(=O)CCCN=C(N)N.CC(C)C(=O)CCN.CC(C)C(=O)CCN=C(N)N.CC(C)C(=O)CN.CC(C)C(=O)CN=C(N)N.CC(C)Cc1ccc(-c2ccccc2)cc1. The number of carbonyl (C=O) groups excluding carboxylic acids is 6. The van der Waals surface area contributed by atoms with Gasteiger partial charge >= 0.3 is 0 Å². The number of ketones is 6. The lowest BCUT2D eigenvalue weighted by Crippen LogP contribution is -2.24. The molecule has 0 aliphatic heterocycles. The van der Waals surface area contributed by atoms with Crippen LogP contribution < -0.4 is 51.6 Å². The van der Waals surface area contributed by atoms with Crippen molar-refractivity contribution in [3.8, 4) is 11.1 Å². The molecular formula is C55H102N12O6. The molecule has 0 fully saturated rings. The molecular weight excluding hydrogens is 925 g/mol. The maximum absolute atomic E-state index is 11.1. The monoisotopic (exact) mass is 1030 g/mol. The van der Waals surface area contributed by atoms with Crippen LogP contribution in [0.1, 0.15) is 141 Å². The third-order valence-corrected chi connectivity index (χ3v) is 9.73.